The number of nitrogens with zero attached hydrogens (tertiary/aromatic N) is 2. The summed E-state index contributed by atoms with van der Waals surface area (Å²) in [6, 6.07) is 13.3. The van der Waals surface area contributed by atoms with Crippen molar-refractivity contribution < 1.29 is 14.3 Å². The summed E-state index contributed by atoms with van der Waals surface area (Å²) in [7, 11) is 5.20. The zero-order valence-corrected chi connectivity index (χ0v) is 16.2. The number of carbonyl (C=O) groups is 1. The lowest BCUT2D eigenvalue weighted by molar-refractivity contribution is 0.0963. The van der Waals surface area contributed by atoms with Gasteiger partial charge < -0.3 is 19.4 Å². The van der Waals surface area contributed by atoms with Crippen LogP contribution in [0.2, 0.25) is 0 Å². The Hall–Kier alpha value is -3.54. The number of pyridine rings is 1. The third-order valence-corrected chi connectivity index (χ3v) is 5.06. The van der Waals surface area contributed by atoms with Gasteiger partial charge in [0.25, 0.3) is 5.91 Å². The van der Waals surface area contributed by atoms with Crippen LogP contribution in [0.1, 0.15) is 16.1 Å². The minimum absolute atomic E-state index is 0.136. The zero-order chi connectivity index (χ0) is 19.8. The quantitative estimate of drug-likeness (QED) is 0.581. The zero-order valence-electron chi connectivity index (χ0n) is 16.2. The van der Waals surface area contributed by atoms with Crippen LogP contribution in [0.15, 0.2) is 48.7 Å². The van der Waals surface area contributed by atoms with E-state index in [0.29, 0.717) is 17.1 Å². The molecule has 2 aromatic heterocycles. The van der Waals surface area contributed by atoms with Crippen molar-refractivity contribution in [2.24, 2.45) is 7.05 Å². The first kappa shape index (κ1) is 17.9. The minimum Gasteiger partial charge on any atom is -0.497 e. The Bertz CT molecular complexity index is 1210. The molecule has 142 valence electrons. The van der Waals surface area contributed by atoms with Crippen LogP contribution in [-0.4, -0.2) is 29.6 Å². The number of aryl methyl sites for hydroxylation is 1. The second kappa shape index (κ2) is 6.88. The molecule has 0 bridgehead atoms. The number of rotatable bonds is 4. The lowest BCUT2D eigenvalue weighted by Crippen LogP contribution is -2.18. The van der Waals surface area contributed by atoms with Crippen LogP contribution in [0.4, 0.5) is 0 Å². The van der Waals surface area contributed by atoms with Crippen molar-refractivity contribution in [3.05, 3.63) is 59.9 Å². The Morgan fingerprint density at radius 2 is 1.96 bits per heavy atom. The smallest absolute Gasteiger partial charge is 0.253 e. The molecule has 0 atom stereocenters. The highest BCUT2D eigenvalue weighted by Crippen LogP contribution is 2.37. The van der Waals surface area contributed by atoms with Gasteiger partial charge in [0.1, 0.15) is 17.2 Å². The number of methoxy groups -OCH3 is 1. The molecule has 0 unspecified atom stereocenters. The fourth-order valence-corrected chi connectivity index (χ4v) is 3.50. The van der Waals surface area contributed by atoms with Gasteiger partial charge in [0, 0.05) is 37.4 Å². The van der Waals surface area contributed by atoms with Gasteiger partial charge in [-0.3, -0.25) is 9.78 Å². The van der Waals surface area contributed by atoms with E-state index in [2.05, 4.69) is 10.3 Å². The molecule has 4 rings (SSSR count). The van der Waals surface area contributed by atoms with E-state index in [4.69, 9.17) is 9.47 Å². The number of fused-ring (bicyclic) bond motifs is 2. The summed E-state index contributed by atoms with van der Waals surface area (Å²) in [5, 5.41) is 4.39. The van der Waals surface area contributed by atoms with Gasteiger partial charge in [-0.2, -0.15) is 0 Å². The summed E-state index contributed by atoms with van der Waals surface area (Å²) in [6.07, 6.45) is 1.70. The van der Waals surface area contributed by atoms with Crippen molar-refractivity contribution >= 4 is 27.7 Å². The topological polar surface area (TPSA) is 65.4 Å². The number of amides is 1. The van der Waals surface area contributed by atoms with Crippen molar-refractivity contribution in [1.82, 2.24) is 14.9 Å². The molecule has 0 saturated carbocycles. The van der Waals surface area contributed by atoms with Crippen LogP contribution in [0.5, 0.6) is 17.2 Å². The van der Waals surface area contributed by atoms with E-state index in [1.165, 1.54) is 0 Å². The third kappa shape index (κ3) is 2.74. The molecular formula is C22H21N3O3. The van der Waals surface area contributed by atoms with Crippen molar-refractivity contribution in [2.75, 3.05) is 14.2 Å². The molecule has 0 aliphatic rings. The van der Waals surface area contributed by atoms with Gasteiger partial charge in [-0.1, -0.05) is 6.07 Å². The van der Waals surface area contributed by atoms with E-state index in [9.17, 15) is 4.79 Å². The summed E-state index contributed by atoms with van der Waals surface area (Å²) < 4.78 is 13.6. The first-order chi connectivity index (χ1) is 13.5. The summed E-state index contributed by atoms with van der Waals surface area (Å²) in [4.78, 5) is 16.9. The Morgan fingerprint density at radius 3 is 2.71 bits per heavy atom. The number of ether oxygens (including phenoxy) is 2. The third-order valence-electron chi connectivity index (χ3n) is 5.06. The van der Waals surface area contributed by atoms with Crippen LogP contribution in [-0.2, 0) is 7.05 Å². The number of nitrogens with one attached hydrogen (secondary N) is 1. The number of hydrogen-bond acceptors (Lipinski definition) is 4. The van der Waals surface area contributed by atoms with Gasteiger partial charge in [-0.25, -0.2) is 0 Å². The van der Waals surface area contributed by atoms with E-state index in [1.807, 2.05) is 61.0 Å². The highest BCUT2D eigenvalue weighted by atomic mass is 16.5. The van der Waals surface area contributed by atoms with Crippen LogP contribution >= 0.6 is 0 Å². The fraction of sp³-hybridized carbons (Fsp3) is 0.182. The van der Waals surface area contributed by atoms with Gasteiger partial charge in [0.05, 0.1) is 29.1 Å². The normalized spacial score (nSPS) is 11.0. The molecule has 0 aliphatic carbocycles. The van der Waals surface area contributed by atoms with E-state index in [0.717, 1.165) is 33.2 Å². The van der Waals surface area contributed by atoms with Crippen LogP contribution in [0, 0.1) is 6.92 Å². The average Bonchev–Trinajstić information content (AvgIpc) is 2.99. The molecule has 6 heteroatoms. The van der Waals surface area contributed by atoms with Gasteiger partial charge in [0.15, 0.2) is 0 Å². The molecule has 28 heavy (non-hydrogen) atoms. The Kier molecular flexibility index (Phi) is 4.39. The summed E-state index contributed by atoms with van der Waals surface area (Å²) in [6.45, 7) is 1.93. The van der Waals surface area contributed by atoms with Gasteiger partial charge in [0.2, 0.25) is 0 Å². The predicted octanol–water partition coefficient (Wildman–Crippen LogP) is 4.20. The standard InChI is InChI=1S/C22H21N3O3/c1-13-20(22(26)23-2)21-17(25(13)3)6-5-7-19(21)28-18-10-11-24-16-12-14(27-4)8-9-15(16)18/h5-12H,1-4H3,(H,23,26). The highest BCUT2D eigenvalue weighted by molar-refractivity contribution is 6.10. The molecule has 2 heterocycles. The molecule has 0 fully saturated rings. The summed E-state index contributed by atoms with van der Waals surface area (Å²) >= 11 is 0. The van der Waals surface area contributed by atoms with Crippen molar-refractivity contribution in [2.45, 2.75) is 6.92 Å². The second-order valence-corrected chi connectivity index (χ2v) is 6.54. The number of hydrogen-bond donors (Lipinski definition) is 1. The molecule has 1 N–H and O–H groups in total. The number of aromatic nitrogens is 2. The lowest BCUT2D eigenvalue weighted by Gasteiger charge is -2.11. The summed E-state index contributed by atoms with van der Waals surface area (Å²) in [5.41, 5.74) is 3.22. The van der Waals surface area contributed by atoms with E-state index < -0.39 is 0 Å². The fourth-order valence-electron chi connectivity index (χ4n) is 3.50. The molecule has 4 aromatic rings. The van der Waals surface area contributed by atoms with Gasteiger partial charge in [-0.15, -0.1) is 0 Å². The SMILES string of the molecule is CNC(=O)c1c(C)n(C)c2cccc(Oc3ccnc4cc(OC)ccc34)c12. The first-order valence-corrected chi connectivity index (χ1v) is 8.96. The molecule has 0 aliphatic heterocycles. The van der Waals surface area contributed by atoms with Gasteiger partial charge >= 0.3 is 0 Å². The molecule has 6 nitrogen and oxygen atoms in total. The first-order valence-electron chi connectivity index (χ1n) is 8.96. The predicted molar refractivity (Wildman–Crippen MR) is 109 cm³/mol. The Labute approximate surface area is 162 Å². The van der Waals surface area contributed by atoms with Crippen molar-refractivity contribution in [3.8, 4) is 17.2 Å². The molecule has 2 aromatic carbocycles. The average molecular weight is 375 g/mol. The minimum atomic E-state index is -0.136. The maximum atomic E-state index is 12.5. The number of carbonyl (C=O) groups excluding carboxylic acids is 1. The maximum Gasteiger partial charge on any atom is 0.253 e. The largest absolute Gasteiger partial charge is 0.497 e. The van der Waals surface area contributed by atoms with Gasteiger partial charge in [-0.05, 0) is 37.3 Å². The Morgan fingerprint density at radius 1 is 1.14 bits per heavy atom. The maximum absolute atomic E-state index is 12.5. The van der Waals surface area contributed by atoms with E-state index in [-0.39, 0.29) is 5.91 Å². The van der Waals surface area contributed by atoms with Crippen molar-refractivity contribution in [1.29, 1.82) is 0 Å². The highest BCUT2D eigenvalue weighted by Gasteiger charge is 2.21. The Balaban J connectivity index is 1.91. The van der Waals surface area contributed by atoms with E-state index in [1.54, 1.807) is 20.4 Å². The molecular weight excluding hydrogens is 354 g/mol. The molecule has 0 spiro atoms. The lowest BCUT2D eigenvalue weighted by atomic mass is 10.1. The van der Waals surface area contributed by atoms with E-state index >= 15 is 0 Å². The monoisotopic (exact) mass is 375 g/mol. The van der Waals surface area contributed by atoms with Crippen LogP contribution in [0.3, 0.4) is 0 Å². The summed E-state index contributed by atoms with van der Waals surface area (Å²) in [5.74, 6) is 1.90. The van der Waals surface area contributed by atoms with Crippen molar-refractivity contribution in [3.63, 3.8) is 0 Å². The van der Waals surface area contributed by atoms with Crippen LogP contribution in [0.25, 0.3) is 21.8 Å². The molecule has 0 saturated heterocycles. The van der Waals surface area contributed by atoms with Crippen LogP contribution < -0.4 is 14.8 Å². The molecule has 1 amide bonds. The molecule has 0 radical (unpaired) electrons. The number of benzene rings is 2. The second-order valence-electron chi connectivity index (χ2n) is 6.54.